The first-order chi connectivity index (χ1) is 12.1. The molecule has 0 aliphatic carbocycles. The van der Waals surface area contributed by atoms with Crippen LogP contribution in [0.1, 0.15) is 36.3 Å². The van der Waals surface area contributed by atoms with E-state index < -0.39 is 0 Å². The second-order valence-corrected chi connectivity index (χ2v) is 6.21. The third-order valence-corrected chi connectivity index (χ3v) is 3.87. The van der Waals surface area contributed by atoms with Gasteiger partial charge in [-0.2, -0.15) is 5.10 Å². The van der Waals surface area contributed by atoms with Gasteiger partial charge in [0, 0.05) is 12.7 Å². The second kappa shape index (κ2) is 7.29. The van der Waals surface area contributed by atoms with E-state index in [1.807, 2.05) is 13.0 Å². The molecule has 0 unspecified atom stereocenters. The lowest BCUT2D eigenvalue weighted by atomic mass is 10.1. The van der Waals surface area contributed by atoms with E-state index in [4.69, 9.17) is 4.42 Å². The lowest BCUT2D eigenvalue weighted by molar-refractivity contribution is 0.0951. The number of carbonyl (C=O) groups excluding carboxylic acids is 1. The van der Waals surface area contributed by atoms with E-state index in [9.17, 15) is 4.79 Å². The molecule has 1 amide bonds. The Morgan fingerprint density at radius 1 is 1.36 bits per heavy atom. The van der Waals surface area contributed by atoms with Crippen LogP contribution in [0.4, 0.5) is 0 Å². The average molecular weight is 339 g/mol. The topological polar surface area (TPSA) is 85.8 Å². The highest BCUT2D eigenvalue weighted by Crippen LogP contribution is 2.18. The molecule has 1 N–H and O–H groups in total. The molecule has 3 heterocycles. The zero-order valence-electron chi connectivity index (χ0n) is 14.6. The zero-order valence-corrected chi connectivity index (χ0v) is 14.6. The molecule has 0 bridgehead atoms. The highest BCUT2D eigenvalue weighted by molar-refractivity contribution is 5.95. The minimum atomic E-state index is -0.133. The van der Waals surface area contributed by atoms with E-state index in [1.165, 1.54) is 0 Å². The number of furan rings is 1. The molecule has 3 rings (SSSR count). The largest absolute Gasteiger partial charge is 0.463 e. The van der Waals surface area contributed by atoms with Crippen molar-refractivity contribution >= 4 is 5.91 Å². The number of hydrogen-bond donors (Lipinski definition) is 1. The molecule has 7 nitrogen and oxygen atoms in total. The minimum Gasteiger partial charge on any atom is -0.463 e. The molecule has 0 saturated carbocycles. The van der Waals surface area contributed by atoms with E-state index in [0.717, 1.165) is 6.42 Å². The third kappa shape index (κ3) is 3.76. The van der Waals surface area contributed by atoms with E-state index >= 15 is 0 Å². The van der Waals surface area contributed by atoms with Gasteiger partial charge in [0.2, 0.25) is 0 Å². The van der Waals surface area contributed by atoms with Gasteiger partial charge in [-0.25, -0.2) is 14.6 Å². The lowest BCUT2D eigenvalue weighted by Gasteiger charge is -2.07. The number of nitrogens with one attached hydrogen (secondary N) is 1. The number of amides is 1. The number of rotatable bonds is 6. The SMILES string of the molecule is Cc1c(C(=O)NCCC(C)C)cnn1-c1nccc(-c2ccco2)n1. The Kier molecular flexibility index (Phi) is 4.92. The fourth-order valence-electron chi connectivity index (χ4n) is 2.42. The summed E-state index contributed by atoms with van der Waals surface area (Å²) in [6.45, 7) is 6.72. The third-order valence-electron chi connectivity index (χ3n) is 3.87. The van der Waals surface area contributed by atoms with Crippen LogP contribution in [0.15, 0.2) is 41.3 Å². The van der Waals surface area contributed by atoms with Crippen LogP contribution in [0.2, 0.25) is 0 Å². The first-order valence-electron chi connectivity index (χ1n) is 8.26. The van der Waals surface area contributed by atoms with Gasteiger partial charge in [0.15, 0.2) is 5.76 Å². The predicted molar refractivity (Wildman–Crippen MR) is 93.4 cm³/mol. The first-order valence-corrected chi connectivity index (χ1v) is 8.26. The van der Waals surface area contributed by atoms with Gasteiger partial charge >= 0.3 is 0 Å². The van der Waals surface area contributed by atoms with Crippen LogP contribution < -0.4 is 5.32 Å². The number of nitrogens with zero attached hydrogens (tertiary/aromatic N) is 4. The molecule has 0 fully saturated rings. The van der Waals surface area contributed by atoms with Crippen molar-refractivity contribution in [3.05, 3.63) is 48.1 Å². The molecule has 25 heavy (non-hydrogen) atoms. The van der Waals surface area contributed by atoms with Crippen molar-refractivity contribution in [2.75, 3.05) is 6.54 Å². The van der Waals surface area contributed by atoms with E-state index in [0.29, 0.717) is 41.1 Å². The van der Waals surface area contributed by atoms with Gasteiger partial charge in [-0.15, -0.1) is 0 Å². The van der Waals surface area contributed by atoms with E-state index in [-0.39, 0.29) is 5.91 Å². The molecule has 0 spiro atoms. The quantitative estimate of drug-likeness (QED) is 0.746. The molecule has 0 saturated heterocycles. The van der Waals surface area contributed by atoms with Crippen LogP contribution in [-0.2, 0) is 0 Å². The van der Waals surface area contributed by atoms with E-state index in [1.54, 1.807) is 35.5 Å². The Balaban J connectivity index is 1.81. The molecule has 0 aliphatic heterocycles. The van der Waals surface area contributed by atoms with Crippen molar-refractivity contribution in [2.45, 2.75) is 27.2 Å². The molecule has 7 heteroatoms. The maximum absolute atomic E-state index is 12.3. The summed E-state index contributed by atoms with van der Waals surface area (Å²) in [7, 11) is 0. The Hall–Kier alpha value is -2.96. The Labute approximate surface area is 146 Å². The number of aromatic nitrogens is 4. The molecule has 130 valence electrons. The summed E-state index contributed by atoms with van der Waals surface area (Å²) < 4.78 is 6.92. The Morgan fingerprint density at radius 2 is 2.20 bits per heavy atom. The van der Waals surface area contributed by atoms with Crippen molar-refractivity contribution in [1.82, 2.24) is 25.1 Å². The Bertz CT molecular complexity index is 852. The molecule has 0 atom stereocenters. The van der Waals surface area contributed by atoms with Gasteiger partial charge in [0.25, 0.3) is 11.9 Å². The van der Waals surface area contributed by atoms with Crippen LogP contribution in [0, 0.1) is 12.8 Å². The summed E-state index contributed by atoms with van der Waals surface area (Å²) >= 11 is 0. The van der Waals surface area contributed by atoms with Crippen LogP contribution >= 0.6 is 0 Å². The number of carbonyl (C=O) groups is 1. The summed E-state index contributed by atoms with van der Waals surface area (Å²) in [5.74, 6) is 1.46. The monoisotopic (exact) mass is 339 g/mol. The molecular weight excluding hydrogens is 318 g/mol. The fraction of sp³-hybridized carbons (Fsp3) is 0.333. The average Bonchev–Trinajstić information content (AvgIpc) is 3.24. The standard InChI is InChI=1S/C18H21N5O2/c1-12(2)6-8-19-17(24)14-11-21-23(13(14)3)18-20-9-7-15(22-18)16-5-4-10-25-16/h4-5,7,9-12H,6,8H2,1-3H3,(H,19,24). The summed E-state index contributed by atoms with van der Waals surface area (Å²) in [4.78, 5) is 21.0. The number of hydrogen-bond acceptors (Lipinski definition) is 5. The van der Waals surface area contributed by atoms with Gasteiger partial charge in [0.05, 0.1) is 23.7 Å². The molecule has 0 radical (unpaired) electrons. The van der Waals surface area contributed by atoms with Crippen molar-refractivity contribution in [2.24, 2.45) is 5.92 Å². The maximum Gasteiger partial charge on any atom is 0.254 e. The molecule has 0 aliphatic rings. The van der Waals surface area contributed by atoms with Crippen LogP contribution in [0.5, 0.6) is 0 Å². The highest BCUT2D eigenvalue weighted by atomic mass is 16.3. The summed E-state index contributed by atoms with van der Waals surface area (Å²) in [6.07, 6.45) is 5.72. The zero-order chi connectivity index (χ0) is 17.8. The second-order valence-electron chi connectivity index (χ2n) is 6.21. The Morgan fingerprint density at radius 3 is 2.92 bits per heavy atom. The highest BCUT2D eigenvalue weighted by Gasteiger charge is 2.17. The van der Waals surface area contributed by atoms with Crippen molar-refractivity contribution in [3.8, 4) is 17.4 Å². The molecule has 0 aromatic carbocycles. The van der Waals surface area contributed by atoms with Crippen molar-refractivity contribution < 1.29 is 9.21 Å². The van der Waals surface area contributed by atoms with Gasteiger partial charge in [-0.05, 0) is 37.5 Å². The van der Waals surface area contributed by atoms with Gasteiger partial charge in [0.1, 0.15) is 5.69 Å². The van der Waals surface area contributed by atoms with E-state index in [2.05, 4.69) is 34.2 Å². The van der Waals surface area contributed by atoms with Gasteiger partial charge in [-0.3, -0.25) is 4.79 Å². The first kappa shape index (κ1) is 16.9. The molecule has 3 aromatic rings. The van der Waals surface area contributed by atoms with Crippen LogP contribution in [0.3, 0.4) is 0 Å². The fourth-order valence-corrected chi connectivity index (χ4v) is 2.42. The minimum absolute atomic E-state index is 0.133. The van der Waals surface area contributed by atoms with Gasteiger partial charge < -0.3 is 9.73 Å². The predicted octanol–water partition coefficient (Wildman–Crippen LogP) is 3.01. The lowest BCUT2D eigenvalue weighted by Crippen LogP contribution is -2.25. The summed E-state index contributed by atoms with van der Waals surface area (Å²) in [5, 5.41) is 7.19. The van der Waals surface area contributed by atoms with Crippen molar-refractivity contribution in [3.63, 3.8) is 0 Å². The maximum atomic E-state index is 12.3. The molecule has 3 aromatic heterocycles. The van der Waals surface area contributed by atoms with Crippen molar-refractivity contribution in [1.29, 1.82) is 0 Å². The van der Waals surface area contributed by atoms with Crippen LogP contribution in [-0.4, -0.2) is 32.2 Å². The summed E-state index contributed by atoms with van der Waals surface area (Å²) in [5.41, 5.74) is 1.88. The van der Waals surface area contributed by atoms with Crippen LogP contribution in [0.25, 0.3) is 17.4 Å². The molecular formula is C18H21N5O2. The summed E-state index contributed by atoms with van der Waals surface area (Å²) in [6, 6.07) is 5.40. The smallest absolute Gasteiger partial charge is 0.254 e. The normalized spacial score (nSPS) is 11.0. The van der Waals surface area contributed by atoms with Gasteiger partial charge in [-0.1, -0.05) is 13.8 Å².